The van der Waals surface area contributed by atoms with Crippen LogP contribution >= 0.6 is 0 Å². The molecule has 110 valence electrons. The Morgan fingerprint density at radius 3 is 2.86 bits per heavy atom. The lowest BCUT2D eigenvalue weighted by Gasteiger charge is -2.13. The van der Waals surface area contributed by atoms with Crippen LogP contribution in [-0.2, 0) is 11.8 Å². The third-order valence-electron chi connectivity index (χ3n) is 4.95. The zero-order chi connectivity index (χ0) is 14.6. The van der Waals surface area contributed by atoms with E-state index in [1.54, 1.807) is 0 Å². The highest BCUT2D eigenvalue weighted by atomic mass is 16.2. The van der Waals surface area contributed by atoms with Crippen molar-refractivity contribution in [3.8, 4) is 0 Å². The van der Waals surface area contributed by atoms with Gasteiger partial charge in [-0.1, -0.05) is 18.2 Å². The summed E-state index contributed by atoms with van der Waals surface area (Å²) in [6.45, 7) is 4.00. The number of hydrogen-bond donors (Lipinski definition) is 2. The van der Waals surface area contributed by atoms with Crippen LogP contribution in [0.25, 0.3) is 10.9 Å². The van der Waals surface area contributed by atoms with Gasteiger partial charge >= 0.3 is 0 Å². The fourth-order valence-electron chi connectivity index (χ4n) is 3.75. The van der Waals surface area contributed by atoms with Gasteiger partial charge in [0.25, 0.3) is 0 Å². The first-order chi connectivity index (χ1) is 10.2. The molecule has 4 rings (SSSR count). The standard InChI is InChI=1S/C16H20N4O/c1-9(18-16(21)14-11-7-17-8-12(11)14)15-10-5-3-4-6-13(10)20(2)19-15/h3-6,9,11-12,14,17H,7-8H2,1-2H3,(H,18,21)/t9?,11-,12?,14+/m0/s1. The van der Waals surface area contributed by atoms with E-state index in [0.29, 0.717) is 11.8 Å². The number of amides is 1. The smallest absolute Gasteiger partial charge is 0.224 e. The Labute approximate surface area is 123 Å². The maximum absolute atomic E-state index is 12.4. The number of hydrogen-bond acceptors (Lipinski definition) is 3. The maximum atomic E-state index is 12.4. The summed E-state index contributed by atoms with van der Waals surface area (Å²) in [6, 6.07) is 8.08. The lowest BCUT2D eigenvalue weighted by atomic mass is 10.1. The van der Waals surface area contributed by atoms with Crippen molar-refractivity contribution in [2.45, 2.75) is 13.0 Å². The van der Waals surface area contributed by atoms with Crippen LogP contribution in [-0.4, -0.2) is 28.8 Å². The quantitative estimate of drug-likeness (QED) is 0.891. The summed E-state index contributed by atoms with van der Waals surface area (Å²) in [7, 11) is 1.94. The molecule has 2 N–H and O–H groups in total. The van der Waals surface area contributed by atoms with Crippen LogP contribution in [0.1, 0.15) is 18.7 Å². The van der Waals surface area contributed by atoms with Gasteiger partial charge in [-0.25, -0.2) is 0 Å². The summed E-state index contributed by atoms with van der Waals surface area (Å²) in [5, 5.41) is 12.2. The molecule has 1 saturated heterocycles. The molecule has 1 aliphatic heterocycles. The molecule has 5 nitrogen and oxygen atoms in total. The predicted octanol–water partition coefficient (Wildman–Crippen LogP) is 1.22. The van der Waals surface area contributed by atoms with E-state index in [4.69, 9.17) is 0 Å². The van der Waals surface area contributed by atoms with Gasteiger partial charge in [-0.15, -0.1) is 0 Å². The highest BCUT2D eigenvalue weighted by Gasteiger charge is 2.56. The second-order valence-corrected chi connectivity index (χ2v) is 6.27. The second kappa shape index (κ2) is 4.56. The van der Waals surface area contributed by atoms with Crippen molar-refractivity contribution < 1.29 is 4.79 Å². The molecule has 1 amide bonds. The first-order valence-corrected chi connectivity index (χ1v) is 7.59. The summed E-state index contributed by atoms with van der Waals surface area (Å²) in [6.07, 6.45) is 0. The Bertz CT molecular complexity index is 697. The number of carbonyl (C=O) groups excluding carboxylic acids is 1. The van der Waals surface area contributed by atoms with Crippen molar-refractivity contribution in [1.82, 2.24) is 20.4 Å². The Hall–Kier alpha value is -1.88. The molecular formula is C16H20N4O. The largest absolute Gasteiger partial charge is 0.348 e. The molecule has 1 aromatic heterocycles. The number of nitrogens with zero attached hydrogens (tertiary/aromatic N) is 2. The molecule has 1 aromatic carbocycles. The van der Waals surface area contributed by atoms with Gasteiger partial charge in [0.1, 0.15) is 0 Å². The average Bonchev–Trinajstić information content (AvgIpc) is 2.83. The Balaban J connectivity index is 1.54. The number of rotatable bonds is 3. The number of piperidine rings is 1. The zero-order valence-corrected chi connectivity index (χ0v) is 12.3. The van der Waals surface area contributed by atoms with Crippen LogP contribution in [0.2, 0.25) is 0 Å². The number of benzene rings is 1. The van der Waals surface area contributed by atoms with Crippen molar-refractivity contribution in [1.29, 1.82) is 0 Å². The molecule has 1 saturated carbocycles. The molecule has 1 aliphatic carbocycles. The Morgan fingerprint density at radius 1 is 1.38 bits per heavy atom. The van der Waals surface area contributed by atoms with Crippen molar-refractivity contribution in [3.05, 3.63) is 30.0 Å². The summed E-state index contributed by atoms with van der Waals surface area (Å²) in [4.78, 5) is 12.4. The minimum Gasteiger partial charge on any atom is -0.348 e. The highest BCUT2D eigenvalue weighted by molar-refractivity contribution is 5.85. The molecule has 5 heteroatoms. The Morgan fingerprint density at radius 2 is 2.10 bits per heavy atom. The Kier molecular flexibility index (Phi) is 2.79. The van der Waals surface area contributed by atoms with Crippen LogP contribution in [0.4, 0.5) is 0 Å². The van der Waals surface area contributed by atoms with Gasteiger partial charge in [0, 0.05) is 18.4 Å². The molecule has 2 aliphatic rings. The lowest BCUT2D eigenvalue weighted by molar-refractivity contribution is -0.123. The van der Waals surface area contributed by atoms with Gasteiger partial charge in [0.05, 0.1) is 17.3 Å². The molecule has 4 atom stereocenters. The predicted molar refractivity (Wildman–Crippen MR) is 80.6 cm³/mol. The normalized spacial score (nSPS) is 28.4. The van der Waals surface area contributed by atoms with Gasteiger partial charge in [0.15, 0.2) is 0 Å². The number of aryl methyl sites for hydroxylation is 1. The molecule has 2 heterocycles. The zero-order valence-electron chi connectivity index (χ0n) is 12.3. The number of carbonyl (C=O) groups is 1. The molecule has 2 fully saturated rings. The van der Waals surface area contributed by atoms with Crippen molar-refractivity contribution in [2.75, 3.05) is 13.1 Å². The molecule has 0 radical (unpaired) electrons. The van der Waals surface area contributed by atoms with Crippen molar-refractivity contribution in [3.63, 3.8) is 0 Å². The first kappa shape index (κ1) is 12.8. The third kappa shape index (κ3) is 1.95. The summed E-state index contributed by atoms with van der Waals surface area (Å²) >= 11 is 0. The van der Waals surface area contributed by atoms with Crippen LogP contribution < -0.4 is 10.6 Å². The topological polar surface area (TPSA) is 59.0 Å². The highest BCUT2D eigenvalue weighted by Crippen LogP contribution is 2.48. The van der Waals surface area contributed by atoms with E-state index < -0.39 is 0 Å². The summed E-state index contributed by atoms with van der Waals surface area (Å²) in [5.74, 6) is 1.51. The van der Waals surface area contributed by atoms with Crippen LogP contribution in [0.5, 0.6) is 0 Å². The second-order valence-electron chi connectivity index (χ2n) is 6.27. The number of fused-ring (bicyclic) bond motifs is 2. The summed E-state index contributed by atoms with van der Waals surface area (Å²) in [5.41, 5.74) is 2.05. The van der Waals surface area contributed by atoms with Gasteiger partial charge in [-0.05, 0) is 37.9 Å². The first-order valence-electron chi connectivity index (χ1n) is 7.59. The molecule has 2 unspecified atom stereocenters. The fraction of sp³-hybridized carbons (Fsp3) is 0.500. The van der Waals surface area contributed by atoms with Crippen LogP contribution in [0, 0.1) is 17.8 Å². The molecule has 0 bridgehead atoms. The monoisotopic (exact) mass is 284 g/mol. The molecule has 21 heavy (non-hydrogen) atoms. The van der Waals surface area contributed by atoms with E-state index in [1.165, 1.54) is 0 Å². The lowest BCUT2D eigenvalue weighted by Crippen LogP contribution is -2.32. The van der Waals surface area contributed by atoms with E-state index in [1.807, 2.05) is 30.8 Å². The van der Waals surface area contributed by atoms with Crippen molar-refractivity contribution in [2.24, 2.45) is 24.8 Å². The van der Waals surface area contributed by atoms with E-state index in [9.17, 15) is 4.79 Å². The summed E-state index contributed by atoms with van der Waals surface area (Å²) < 4.78 is 1.88. The SMILES string of the molecule is CC(NC(=O)[C@H]1C2CNC[C@@H]21)c1nn(C)c2ccccc12. The fourth-order valence-corrected chi connectivity index (χ4v) is 3.75. The maximum Gasteiger partial charge on any atom is 0.224 e. The number of para-hydroxylation sites is 1. The average molecular weight is 284 g/mol. The van der Waals surface area contributed by atoms with E-state index >= 15 is 0 Å². The molecular weight excluding hydrogens is 264 g/mol. The third-order valence-corrected chi connectivity index (χ3v) is 4.95. The number of aromatic nitrogens is 2. The van der Waals surface area contributed by atoms with Crippen LogP contribution in [0.3, 0.4) is 0 Å². The van der Waals surface area contributed by atoms with Crippen LogP contribution in [0.15, 0.2) is 24.3 Å². The van der Waals surface area contributed by atoms with Gasteiger partial charge < -0.3 is 10.6 Å². The minimum absolute atomic E-state index is 0.0575. The number of nitrogens with one attached hydrogen (secondary N) is 2. The van der Waals surface area contributed by atoms with E-state index in [0.717, 1.165) is 29.7 Å². The minimum atomic E-state index is -0.0575. The molecule has 2 aromatic rings. The van der Waals surface area contributed by atoms with E-state index in [-0.39, 0.29) is 17.9 Å². The van der Waals surface area contributed by atoms with Gasteiger partial charge in [-0.3, -0.25) is 9.48 Å². The van der Waals surface area contributed by atoms with E-state index in [2.05, 4.69) is 27.9 Å². The van der Waals surface area contributed by atoms with Crippen molar-refractivity contribution >= 4 is 16.8 Å². The van der Waals surface area contributed by atoms with Gasteiger partial charge in [0.2, 0.25) is 5.91 Å². The van der Waals surface area contributed by atoms with Gasteiger partial charge in [-0.2, -0.15) is 5.10 Å². The molecule has 0 spiro atoms.